The Kier molecular flexibility index (Phi) is 6.92. The fraction of sp³-hybridized carbons (Fsp3) is 0.0408. The lowest BCUT2D eigenvalue weighted by molar-refractivity contribution is -0.355. The van der Waals surface area contributed by atoms with Gasteiger partial charge in [-0.2, -0.15) is 0 Å². The molecule has 0 aliphatic heterocycles. The monoisotopic (exact) mass is 693 g/mol. The summed E-state index contributed by atoms with van der Waals surface area (Å²) in [5.41, 5.74) is 12.3. The second-order valence-electron chi connectivity index (χ2n) is 14.1. The smallest absolute Gasteiger partial charge is 0.328 e. The van der Waals surface area contributed by atoms with Gasteiger partial charge < -0.3 is 8.98 Å². The number of nitrogens with zero attached hydrogens (tertiary/aromatic N) is 3. The molecule has 254 valence electrons. The van der Waals surface area contributed by atoms with Crippen molar-refractivity contribution in [3.05, 3.63) is 187 Å². The number of aromatic nitrogens is 4. The summed E-state index contributed by atoms with van der Waals surface area (Å²) in [6.07, 6.45) is 7.37. The molecule has 5 heteroatoms. The van der Waals surface area contributed by atoms with E-state index in [1.807, 2.05) is 30.5 Å². The Hall–Kier alpha value is -7.11. The van der Waals surface area contributed by atoms with Crippen LogP contribution in [0.5, 0.6) is 0 Å². The minimum atomic E-state index is -0.0520. The molecule has 5 nitrogen and oxygen atoms in total. The number of allylic oxidation sites excluding steroid dienone is 4. The zero-order chi connectivity index (χ0) is 35.6. The summed E-state index contributed by atoms with van der Waals surface area (Å²) >= 11 is 0. The van der Waals surface area contributed by atoms with Crippen LogP contribution in [0, 0.1) is 0 Å². The Bertz CT molecular complexity index is 3100. The Morgan fingerprint density at radius 3 is 2.15 bits per heavy atom. The molecule has 6 aromatic carbocycles. The minimum Gasteiger partial charge on any atom is -0.454 e. The lowest BCUT2D eigenvalue weighted by atomic mass is 9.87. The number of hydrogen-bond donors (Lipinski definition) is 0. The van der Waals surface area contributed by atoms with E-state index >= 15 is 0 Å². The summed E-state index contributed by atoms with van der Waals surface area (Å²) in [6, 6.07) is 55.5. The van der Waals surface area contributed by atoms with E-state index in [-0.39, 0.29) is 5.92 Å². The summed E-state index contributed by atoms with van der Waals surface area (Å²) in [6.45, 7) is 0. The van der Waals surface area contributed by atoms with Gasteiger partial charge in [0, 0.05) is 57.6 Å². The topological polar surface area (TPSA) is 58.0 Å². The highest BCUT2D eigenvalue weighted by molar-refractivity contribution is 6.11. The molecule has 0 saturated carbocycles. The van der Waals surface area contributed by atoms with Gasteiger partial charge in [0.1, 0.15) is 16.8 Å². The Morgan fingerprint density at radius 2 is 1.33 bits per heavy atom. The van der Waals surface area contributed by atoms with Crippen molar-refractivity contribution in [2.24, 2.45) is 0 Å². The number of para-hydroxylation sites is 3. The van der Waals surface area contributed by atoms with Crippen LogP contribution in [0.2, 0.25) is 0 Å². The van der Waals surface area contributed by atoms with Gasteiger partial charge in [0.05, 0.1) is 16.6 Å². The maximum atomic E-state index is 6.57. The van der Waals surface area contributed by atoms with Crippen molar-refractivity contribution in [3.8, 4) is 22.6 Å². The highest BCUT2D eigenvalue weighted by Crippen LogP contribution is 2.43. The molecule has 0 bridgehead atoms. The van der Waals surface area contributed by atoms with Gasteiger partial charge in [-0.05, 0) is 75.9 Å². The molecule has 1 aliphatic rings. The molecule has 11 rings (SSSR count). The normalized spacial score (nSPS) is 14.6. The Morgan fingerprint density at radius 1 is 0.630 bits per heavy atom. The third-order valence-electron chi connectivity index (χ3n) is 10.8. The van der Waals surface area contributed by atoms with Crippen LogP contribution < -0.4 is 4.98 Å². The molecule has 0 fully saturated rings. The molecule has 0 saturated heterocycles. The predicted octanol–water partition coefficient (Wildman–Crippen LogP) is 11.9. The quantitative estimate of drug-likeness (QED) is 0.180. The van der Waals surface area contributed by atoms with E-state index in [2.05, 4.69) is 155 Å². The minimum absolute atomic E-state index is 0.0520. The lowest BCUT2D eigenvalue weighted by Gasteiger charge is -2.23. The molecule has 0 amide bonds. The summed E-state index contributed by atoms with van der Waals surface area (Å²) < 4.78 is 9.02. The van der Waals surface area contributed by atoms with Gasteiger partial charge in [-0.15, -0.1) is 0 Å². The zero-order valence-corrected chi connectivity index (χ0v) is 29.3. The summed E-state index contributed by atoms with van der Waals surface area (Å²) in [7, 11) is 0. The van der Waals surface area contributed by atoms with Crippen LogP contribution >= 0.6 is 0 Å². The number of pyridine rings is 1. The van der Waals surface area contributed by atoms with E-state index in [9.17, 15) is 0 Å². The molecule has 1 unspecified atom stereocenters. The van der Waals surface area contributed by atoms with Crippen molar-refractivity contribution in [1.29, 1.82) is 0 Å². The first kappa shape index (κ1) is 30.5. The molecule has 0 radical (unpaired) electrons. The van der Waals surface area contributed by atoms with Gasteiger partial charge in [-0.3, -0.25) is 4.98 Å². The van der Waals surface area contributed by atoms with Crippen LogP contribution in [0.15, 0.2) is 180 Å². The van der Waals surface area contributed by atoms with Crippen molar-refractivity contribution in [2.45, 2.75) is 12.3 Å². The molecule has 1 aliphatic carbocycles. The molecule has 54 heavy (non-hydrogen) atoms. The van der Waals surface area contributed by atoms with Crippen molar-refractivity contribution < 1.29 is 9.40 Å². The van der Waals surface area contributed by atoms with E-state index < -0.39 is 0 Å². The van der Waals surface area contributed by atoms with Crippen LogP contribution in [0.4, 0.5) is 0 Å². The van der Waals surface area contributed by atoms with Crippen molar-refractivity contribution >= 4 is 65.9 Å². The number of aromatic amines is 1. The van der Waals surface area contributed by atoms with Gasteiger partial charge in [0.25, 0.3) is 0 Å². The van der Waals surface area contributed by atoms with Crippen LogP contribution in [0.25, 0.3) is 88.6 Å². The number of furan rings is 1. The molecular formula is C49H33N4O+. The van der Waals surface area contributed by atoms with Crippen LogP contribution in [-0.2, 0) is 0 Å². The fourth-order valence-electron chi connectivity index (χ4n) is 8.30. The van der Waals surface area contributed by atoms with Crippen molar-refractivity contribution in [3.63, 3.8) is 0 Å². The summed E-state index contributed by atoms with van der Waals surface area (Å²) in [5, 5.41) is 5.91. The van der Waals surface area contributed by atoms with E-state index in [1.54, 1.807) is 0 Å². The molecule has 1 atom stereocenters. The molecule has 0 spiro atoms. The third-order valence-corrected chi connectivity index (χ3v) is 10.8. The van der Waals surface area contributed by atoms with Crippen LogP contribution in [0.1, 0.15) is 23.6 Å². The summed E-state index contributed by atoms with van der Waals surface area (Å²) in [5.74, 6) is 0.784. The van der Waals surface area contributed by atoms with Gasteiger partial charge in [0.2, 0.25) is 0 Å². The second kappa shape index (κ2) is 12.2. The molecule has 10 aromatic rings. The fourth-order valence-corrected chi connectivity index (χ4v) is 8.30. The zero-order valence-electron chi connectivity index (χ0n) is 29.3. The molecular weight excluding hydrogens is 661 g/mol. The van der Waals surface area contributed by atoms with Crippen molar-refractivity contribution in [2.75, 3.05) is 0 Å². The Balaban J connectivity index is 1.15. The second-order valence-corrected chi connectivity index (χ2v) is 14.1. The predicted molar refractivity (Wildman–Crippen MR) is 220 cm³/mol. The van der Waals surface area contributed by atoms with Gasteiger partial charge in [-0.25, -0.2) is 4.98 Å². The SMILES string of the molecule is C1=C(c2ccnc3c2oc2ccccc23)C=C(n2c3ccccc3c3ccccc32)CC1c1cc(-c2ccc3ccccc3c2)[nH+]c(-c2ccccc2)n1. The largest absolute Gasteiger partial charge is 0.454 e. The first-order valence-corrected chi connectivity index (χ1v) is 18.4. The van der Waals surface area contributed by atoms with E-state index in [1.165, 1.54) is 38.3 Å². The summed E-state index contributed by atoms with van der Waals surface area (Å²) in [4.78, 5) is 13.9. The highest BCUT2D eigenvalue weighted by Gasteiger charge is 2.29. The Labute approximate surface area is 311 Å². The molecule has 1 N–H and O–H groups in total. The maximum Gasteiger partial charge on any atom is 0.328 e. The number of hydrogen-bond acceptors (Lipinski definition) is 3. The maximum absolute atomic E-state index is 6.57. The number of fused-ring (bicyclic) bond motifs is 7. The average Bonchev–Trinajstić information content (AvgIpc) is 3.80. The van der Waals surface area contributed by atoms with E-state index in [4.69, 9.17) is 14.4 Å². The lowest BCUT2D eigenvalue weighted by Crippen LogP contribution is -2.17. The van der Waals surface area contributed by atoms with Gasteiger partial charge in [0.15, 0.2) is 11.3 Å². The number of nitrogens with one attached hydrogen (secondary N) is 1. The highest BCUT2D eigenvalue weighted by atomic mass is 16.3. The number of rotatable bonds is 5. The van der Waals surface area contributed by atoms with E-state index in [0.717, 1.165) is 68.0 Å². The third kappa shape index (κ3) is 4.97. The number of H-pyrrole nitrogens is 1. The first-order valence-electron chi connectivity index (χ1n) is 18.4. The van der Waals surface area contributed by atoms with Gasteiger partial charge in [-0.1, -0.05) is 109 Å². The van der Waals surface area contributed by atoms with Crippen LogP contribution in [0.3, 0.4) is 0 Å². The van der Waals surface area contributed by atoms with Crippen LogP contribution in [-0.4, -0.2) is 14.5 Å². The molecule has 4 heterocycles. The van der Waals surface area contributed by atoms with Crippen molar-refractivity contribution in [1.82, 2.24) is 14.5 Å². The van der Waals surface area contributed by atoms with Gasteiger partial charge >= 0.3 is 5.82 Å². The average molecular weight is 694 g/mol. The van der Waals surface area contributed by atoms with E-state index in [0.29, 0.717) is 0 Å². The molecule has 4 aromatic heterocycles. The first-order chi connectivity index (χ1) is 26.7. The standard InChI is InChI=1S/C49H32N4O/c1-2-13-32(14-3-1)49-51-42(34-23-22-31-12-4-5-15-33(31)26-34)30-43(52-49)36-27-35(38-24-25-50-47-41-18-8-11-21-46(41)54-48(38)47)28-37(29-36)53-44-19-9-6-16-39(44)40-17-7-10-20-45(40)53/h1-28,30,36H,29H2/p+1. The number of benzene rings is 6.